The van der Waals surface area contributed by atoms with Gasteiger partial charge in [0, 0.05) is 12.6 Å². The maximum Gasteiger partial charge on any atom is 0.416 e. The van der Waals surface area contributed by atoms with E-state index in [1.807, 2.05) is 25.7 Å². The standard InChI is InChI=1S/C23H26F3N3O3/c1-15(2)16(3)29(12-17-6-4-7-18(10-17)23(24,25)26)13-21-28-20(14-32-21)22(30)27-11-19-8-5-9-31-19/h4-10,14-16H,11-13H2,1-3H3,(H,27,30)/t16-/m0/s1. The topological polar surface area (TPSA) is 71.5 Å². The Labute approximate surface area is 184 Å². The van der Waals surface area contributed by atoms with Crippen molar-refractivity contribution < 1.29 is 26.8 Å². The number of carbonyl (C=O) groups is 1. The van der Waals surface area contributed by atoms with E-state index < -0.39 is 17.6 Å². The van der Waals surface area contributed by atoms with Gasteiger partial charge in [-0.3, -0.25) is 9.69 Å². The van der Waals surface area contributed by atoms with Crippen molar-refractivity contribution in [1.29, 1.82) is 0 Å². The molecule has 2 heterocycles. The van der Waals surface area contributed by atoms with E-state index in [0.29, 0.717) is 17.2 Å². The minimum Gasteiger partial charge on any atom is -0.467 e. The quantitative estimate of drug-likeness (QED) is 0.482. The van der Waals surface area contributed by atoms with E-state index in [2.05, 4.69) is 10.3 Å². The number of benzene rings is 1. The summed E-state index contributed by atoms with van der Waals surface area (Å²) in [6.45, 7) is 6.82. The molecule has 0 radical (unpaired) electrons. The van der Waals surface area contributed by atoms with Crippen LogP contribution in [0.2, 0.25) is 0 Å². The molecule has 3 rings (SSSR count). The first-order chi connectivity index (χ1) is 15.1. The zero-order chi connectivity index (χ0) is 23.3. The number of hydrogen-bond acceptors (Lipinski definition) is 5. The molecule has 0 aliphatic carbocycles. The SMILES string of the molecule is CC(C)[C@H](C)N(Cc1cccc(C(F)(F)F)c1)Cc1nc(C(=O)NCc2ccco2)co1. The number of aromatic nitrogens is 1. The molecule has 9 heteroatoms. The minimum absolute atomic E-state index is 0.0349. The molecule has 3 aromatic rings. The summed E-state index contributed by atoms with van der Waals surface area (Å²) in [6.07, 6.45) is -1.61. The van der Waals surface area contributed by atoms with Gasteiger partial charge in [0.1, 0.15) is 12.0 Å². The van der Waals surface area contributed by atoms with Crippen LogP contribution in [-0.2, 0) is 25.8 Å². The summed E-state index contributed by atoms with van der Waals surface area (Å²) in [4.78, 5) is 18.5. The Hall–Kier alpha value is -3.07. The van der Waals surface area contributed by atoms with E-state index in [0.717, 1.165) is 12.1 Å². The summed E-state index contributed by atoms with van der Waals surface area (Å²) in [7, 11) is 0. The molecule has 0 saturated carbocycles. The molecule has 172 valence electrons. The Morgan fingerprint density at radius 3 is 2.56 bits per heavy atom. The number of amides is 1. The molecule has 0 spiro atoms. The molecule has 32 heavy (non-hydrogen) atoms. The van der Waals surface area contributed by atoms with Crippen molar-refractivity contribution in [3.63, 3.8) is 0 Å². The van der Waals surface area contributed by atoms with E-state index in [9.17, 15) is 18.0 Å². The Bertz CT molecular complexity index is 1010. The minimum atomic E-state index is -4.40. The van der Waals surface area contributed by atoms with Crippen LogP contribution < -0.4 is 5.32 Å². The van der Waals surface area contributed by atoms with Crippen molar-refractivity contribution in [2.24, 2.45) is 5.92 Å². The predicted molar refractivity (Wildman–Crippen MR) is 111 cm³/mol. The normalized spacial score (nSPS) is 13.0. The van der Waals surface area contributed by atoms with E-state index in [-0.39, 0.29) is 37.3 Å². The van der Waals surface area contributed by atoms with E-state index in [1.54, 1.807) is 18.2 Å². The van der Waals surface area contributed by atoms with Gasteiger partial charge in [0.2, 0.25) is 5.89 Å². The fourth-order valence-electron chi connectivity index (χ4n) is 3.18. The summed E-state index contributed by atoms with van der Waals surface area (Å²) in [6, 6.07) is 8.79. The highest BCUT2D eigenvalue weighted by Gasteiger charge is 2.30. The number of nitrogens with one attached hydrogen (secondary N) is 1. The van der Waals surface area contributed by atoms with Crippen molar-refractivity contribution in [3.05, 3.63) is 77.4 Å². The molecule has 1 atom stereocenters. The third kappa shape index (κ3) is 6.23. The fourth-order valence-corrected chi connectivity index (χ4v) is 3.18. The summed E-state index contributed by atoms with van der Waals surface area (Å²) in [5, 5.41) is 2.69. The smallest absolute Gasteiger partial charge is 0.416 e. The molecule has 2 aromatic heterocycles. The number of oxazole rings is 1. The highest BCUT2D eigenvalue weighted by Crippen LogP contribution is 2.30. The third-order valence-electron chi connectivity index (χ3n) is 5.31. The maximum atomic E-state index is 13.1. The first-order valence-electron chi connectivity index (χ1n) is 10.3. The van der Waals surface area contributed by atoms with Gasteiger partial charge in [0.05, 0.1) is 24.9 Å². The molecule has 0 unspecified atom stereocenters. The summed E-state index contributed by atoms with van der Waals surface area (Å²) in [5.41, 5.74) is -0.0168. The number of furan rings is 1. The second-order valence-corrected chi connectivity index (χ2v) is 7.98. The van der Waals surface area contributed by atoms with E-state index in [4.69, 9.17) is 8.83 Å². The lowest BCUT2D eigenvalue weighted by Gasteiger charge is -2.31. The van der Waals surface area contributed by atoms with Gasteiger partial charge in [0.25, 0.3) is 5.91 Å². The van der Waals surface area contributed by atoms with Crippen LogP contribution in [0.25, 0.3) is 0 Å². The van der Waals surface area contributed by atoms with Gasteiger partial charge in [-0.05, 0) is 36.6 Å². The van der Waals surface area contributed by atoms with Crippen molar-refractivity contribution in [2.45, 2.75) is 52.6 Å². The fraction of sp³-hybridized carbons (Fsp3) is 0.391. The van der Waals surface area contributed by atoms with Gasteiger partial charge in [-0.25, -0.2) is 4.98 Å². The Balaban J connectivity index is 1.70. The van der Waals surface area contributed by atoms with Crippen molar-refractivity contribution in [2.75, 3.05) is 0 Å². The summed E-state index contributed by atoms with van der Waals surface area (Å²) >= 11 is 0. The third-order valence-corrected chi connectivity index (χ3v) is 5.31. The molecule has 1 N–H and O–H groups in total. The molecule has 0 bridgehead atoms. The molecular weight excluding hydrogens is 423 g/mol. The number of nitrogens with zero attached hydrogens (tertiary/aromatic N) is 2. The van der Waals surface area contributed by atoms with Crippen LogP contribution >= 0.6 is 0 Å². The van der Waals surface area contributed by atoms with Crippen LogP contribution in [0.4, 0.5) is 13.2 Å². The van der Waals surface area contributed by atoms with Gasteiger partial charge in [-0.2, -0.15) is 13.2 Å². The molecule has 1 amide bonds. The van der Waals surface area contributed by atoms with Gasteiger partial charge < -0.3 is 14.2 Å². The average Bonchev–Trinajstić information content (AvgIpc) is 3.42. The molecular formula is C23H26F3N3O3. The van der Waals surface area contributed by atoms with Crippen LogP contribution in [-0.4, -0.2) is 21.8 Å². The second kappa shape index (κ2) is 10.0. The van der Waals surface area contributed by atoms with Crippen LogP contribution in [0, 0.1) is 5.92 Å². The molecule has 0 aliphatic rings. The number of carbonyl (C=O) groups excluding carboxylic acids is 1. The lowest BCUT2D eigenvalue weighted by Crippen LogP contribution is -2.36. The number of hydrogen-bond donors (Lipinski definition) is 1. The predicted octanol–water partition coefficient (Wildman–Crippen LogP) is 5.26. The van der Waals surface area contributed by atoms with Crippen molar-refractivity contribution >= 4 is 5.91 Å². The highest BCUT2D eigenvalue weighted by molar-refractivity contribution is 5.91. The van der Waals surface area contributed by atoms with Crippen LogP contribution in [0.1, 0.15) is 54.0 Å². The first-order valence-corrected chi connectivity index (χ1v) is 10.3. The monoisotopic (exact) mass is 449 g/mol. The lowest BCUT2D eigenvalue weighted by molar-refractivity contribution is -0.137. The average molecular weight is 449 g/mol. The lowest BCUT2D eigenvalue weighted by atomic mass is 10.0. The molecule has 6 nitrogen and oxygen atoms in total. The Morgan fingerprint density at radius 1 is 1.12 bits per heavy atom. The summed E-state index contributed by atoms with van der Waals surface area (Å²) < 4.78 is 49.9. The first kappa shape index (κ1) is 23.6. The molecule has 1 aromatic carbocycles. The number of alkyl halides is 3. The van der Waals surface area contributed by atoms with E-state index >= 15 is 0 Å². The maximum absolute atomic E-state index is 13.1. The highest BCUT2D eigenvalue weighted by atomic mass is 19.4. The molecule has 0 fully saturated rings. The van der Waals surface area contributed by atoms with Crippen LogP contribution in [0.5, 0.6) is 0 Å². The second-order valence-electron chi connectivity index (χ2n) is 7.98. The van der Waals surface area contributed by atoms with Crippen LogP contribution in [0.3, 0.4) is 0 Å². The zero-order valence-electron chi connectivity index (χ0n) is 18.1. The van der Waals surface area contributed by atoms with Crippen molar-refractivity contribution in [1.82, 2.24) is 15.2 Å². The Kier molecular flexibility index (Phi) is 7.40. The molecule has 0 saturated heterocycles. The summed E-state index contributed by atoms with van der Waals surface area (Å²) in [5.74, 6) is 0.761. The van der Waals surface area contributed by atoms with Gasteiger partial charge in [0.15, 0.2) is 5.69 Å². The van der Waals surface area contributed by atoms with Gasteiger partial charge in [-0.15, -0.1) is 0 Å². The molecule has 0 aliphatic heterocycles. The van der Waals surface area contributed by atoms with Crippen molar-refractivity contribution in [3.8, 4) is 0 Å². The Morgan fingerprint density at radius 2 is 1.91 bits per heavy atom. The van der Waals surface area contributed by atoms with Gasteiger partial charge in [-0.1, -0.05) is 32.0 Å². The van der Waals surface area contributed by atoms with Crippen LogP contribution in [0.15, 0.2) is 57.8 Å². The van der Waals surface area contributed by atoms with Gasteiger partial charge >= 0.3 is 6.18 Å². The van der Waals surface area contributed by atoms with E-state index in [1.165, 1.54) is 18.6 Å². The number of rotatable bonds is 9. The zero-order valence-corrected chi connectivity index (χ0v) is 18.1. The largest absolute Gasteiger partial charge is 0.467 e. The number of halogens is 3.